The van der Waals surface area contributed by atoms with Crippen molar-refractivity contribution in [1.82, 2.24) is 19.6 Å². The van der Waals surface area contributed by atoms with Crippen LogP contribution < -0.4 is 0 Å². The minimum Gasteiger partial charge on any atom is -0.444 e. The van der Waals surface area contributed by atoms with Crippen molar-refractivity contribution in [3.8, 4) is 0 Å². The van der Waals surface area contributed by atoms with E-state index in [0.29, 0.717) is 19.6 Å². The summed E-state index contributed by atoms with van der Waals surface area (Å²) >= 11 is 6.07. The maximum Gasteiger partial charge on any atom is 0.435 e. The molecule has 1 amide bonds. The second-order valence-corrected chi connectivity index (χ2v) is 8.70. The number of rotatable bonds is 4. The highest BCUT2D eigenvalue weighted by Gasteiger charge is 2.39. The van der Waals surface area contributed by atoms with E-state index in [4.69, 9.17) is 16.3 Å². The van der Waals surface area contributed by atoms with Crippen molar-refractivity contribution in [2.75, 3.05) is 26.7 Å². The van der Waals surface area contributed by atoms with E-state index in [9.17, 15) is 18.0 Å². The summed E-state index contributed by atoms with van der Waals surface area (Å²) in [6.45, 7) is 7.22. The largest absolute Gasteiger partial charge is 0.444 e. The highest BCUT2D eigenvalue weighted by molar-refractivity contribution is 6.30. The van der Waals surface area contributed by atoms with E-state index < -0.39 is 23.6 Å². The Hall–Kier alpha value is -1.48. The van der Waals surface area contributed by atoms with Crippen LogP contribution in [0.15, 0.2) is 0 Å². The van der Waals surface area contributed by atoms with Gasteiger partial charge in [-0.2, -0.15) is 18.3 Å². The molecule has 2 rings (SSSR count). The fourth-order valence-electron chi connectivity index (χ4n) is 3.38. The molecule has 1 fully saturated rings. The smallest absolute Gasteiger partial charge is 0.435 e. The van der Waals surface area contributed by atoms with Crippen molar-refractivity contribution in [2.45, 2.75) is 51.9 Å². The summed E-state index contributed by atoms with van der Waals surface area (Å²) in [7, 11) is 3.07. The molecule has 160 valence electrons. The second-order valence-electron chi connectivity index (χ2n) is 8.34. The average Bonchev–Trinajstić information content (AvgIpc) is 2.82. The number of likely N-dealkylation sites (tertiary alicyclic amines) is 1. The number of hydrogen-bond donors (Lipinski definition) is 0. The lowest BCUT2D eigenvalue weighted by molar-refractivity contribution is -0.142. The average molecular weight is 425 g/mol. The maximum absolute atomic E-state index is 13.3. The van der Waals surface area contributed by atoms with E-state index >= 15 is 0 Å². The van der Waals surface area contributed by atoms with Gasteiger partial charge in [0.05, 0.1) is 0 Å². The quantitative estimate of drug-likeness (QED) is 0.727. The number of piperidine rings is 1. The Balaban J connectivity index is 2.02. The number of nitrogens with zero attached hydrogens (tertiary/aromatic N) is 4. The van der Waals surface area contributed by atoms with Crippen LogP contribution in [0, 0.1) is 5.92 Å². The SMILES string of the molecule is CN(C[C@@H]1CCCN(Cc2c(C(F)(F)F)nn(C)c2Cl)C1)C(=O)OC(C)(C)C. The van der Waals surface area contributed by atoms with Gasteiger partial charge in [-0.15, -0.1) is 0 Å². The number of aryl methyl sites for hydroxylation is 1. The highest BCUT2D eigenvalue weighted by atomic mass is 35.5. The van der Waals surface area contributed by atoms with E-state index in [1.165, 1.54) is 11.9 Å². The van der Waals surface area contributed by atoms with Gasteiger partial charge in [0.25, 0.3) is 0 Å². The summed E-state index contributed by atoms with van der Waals surface area (Å²) in [5, 5.41) is 3.54. The highest BCUT2D eigenvalue weighted by Crippen LogP contribution is 2.35. The van der Waals surface area contributed by atoms with Crippen molar-refractivity contribution in [1.29, 1.82) is 0 Å². The molecule has 6 nitrogen and oxygen atoms in total. The third kappa shape index (κ3) is 6.01. The van der Waals surface area contributed by atoms with Gasteiger partial charge in [0.2, 0.25) is 0 Å². The van der Waals surface area contributed by atoms with E-state index in [-0.39, 0.29) is 23.2 Å². The Morgan fingerprint density at radius 3 is 2.57 bits per heavy atom. The number of halogens is 4. The Labute approximate surface area is 168 Å². The number of amides is 1. The van der Waals surface area contributed by atoms with Crippen LogP contribution >= 0.6 is 11.6 Å². The summed E-state index contributed by atoms with van der Waals surface area (Å²) in [6, 6.07) is 0. The molecule has 0 spiro atoms. The van der Waals surface area contributed by atoms with Gasteiger partial charge < -0.3 is 9.64 Å². The molecule has 0 aromatic carbocycles. The molecule has 1 aliphatic rings. The lowest BCUT2D eigenvalue weighted by Crippen LogP contribution is -2.42. The zero-order valence-electron chi connectivity index (χ0n) is 16.9. The fraction of sp³-hybridized carbons (Fsp3) is 0.778. The minimum absolute atomic E-state index is 0.000298. The normalized spacial score (nSPS) is 19.0. The Morgan fingerprint density at radius 1 is 1.36 bits per heavy atom. The first kappa shape index (κ1) is 22.8. The molecule has 0 aliphatic carbocycles. The van der Waals surface area contributed by atoms with Gasteiger partial charge in [-0.25, -0.2) is 4.79 Å². The van der Waals surface area contributed by atoms with Crippen LogP contribution in [0.4, 0.5) is 18.0 Å². The summed E-state index contributed by atoms with van der Waals surface area (Å²) < 4.78 is 46.2. The predicted octanol–water partition coefficient (Wildman–Crippen LogP) is 4.17. The van der Waals surface area contributed by atoms with Crippen molar-refractivity contribution in [2.24, 2.45) is 13.0 Å². The van der Waals surface area contributed by atoms with E-state index in [2.05, 4.69) is 5.10 Å². The molecule has 0 saturated carbocycles. The molecule has 0 radical (unpaired) electrons. The molecule has 1 saturated heterocycles. The van der Waals surface area contributed by atoms with Gasteiger partial charge in [0, 0.05) is 39.3 Å². The molecular weight excluding hydrogens is 397 g/mol. The number of alkyl halides is 3. The Bertz CT molecular complexity index is 700. The lowest BCUT2D eigenvalue weighted by Gasteiger charge is -2.35. The molecule has 28 heavy (non-hydrogen) atoms. The van der Waals surface area contributed by atoms with Gasteiger partial charge in [0.15, 0.2) is 5.69 Å². The molecule has 1 atom stereocenters. The summed E-state index contributed by atoms with van der Waals surface area (Å²) in [5.41, 5.74) is -1.51. The Kier molecular flexibility index (Phi) is 6.91. The van der Waals surface area contributed by atoms with Crippen LogP contribution in [-0.4, -0.2) is 58.0 Å². The van der Waals surface area contributed by atoms with Gasteiger partial charge in [-0.3, -0.25) is 9.58 Å². The standard InChI is InChI=1S/C18H28ClF3N4O2/c1-17(2,3)28-16(27)24(4)9-12-7-6-8-26(10-12)11-13-14(18(20,21)22)23-25(5)15(13)19/h12H,6-11H2,1-5H3/t12-/m0/s1. The number of ether oxygens (including phenoxy) is 1. The lowest BCUT2D eigenvalue weighted by atomic mass is 9.97. The van der Waals surface area contributed by atoms with Gasteiger partial charge in [-0.1, -0.05) is 11.6 Å². The number of carbonyl (C=O) groups is 1. The molecule has 1 aromatic heterocycles. The molecule has 1 aliphatic heterocycles. The third-order valence-electron chi connectivity index (χ3n) is 4.56. The first-order valence-electron chi connectivity index (χ1n) is 9.23. The first-order valence-corrected chi connectivity index (χ1v) is 9.60. The third-order valence-corrected chi connectivity index (χ3v) is 5.03. The molecule has 2 heterocycles. The van der Waals surface area contributed by atoms with E-state index in [0.717, 1.165) is 17.5 Å². The summed E-state index contributed by atoms with van der Waals surface area (Å²) in [6.07, 6.45) is -3.21. The molecular formula is C18H28ClF3N4O2. The second kappa shape index (κ2) is 8.49. The zero-order valence-corrected chi connectivity index (χ0v) is 17.7. The fourth-order valence-corrected chi connectivity index (χ4v) is 3.57. The molecule has 0 N–H and O–H groups in total. The monoisotopic (exact) mass is 424 g/mol. The maximum atomic E-state index is 13.3. The van der Waals surface area contributed by atoms with Gasteiger partial charge in [-0.05, 0) is 46.1 Å². The first-order chi connectivity index (χ1) is 12.8. The van der Waals surface area contributed by atoms with Crippen LogP contribution in [0.5, 0.6) is 0 Å². The predicted molar refractivity (Wildman–Crippen MR) is 100 cm³/mol. The summed E-state index contributed by atoms with van der Waals surface area (Å²) in [5.74, 6) is 0.149. The Morgan fingerprint density at radius 2 is 2.00 bits per heavy atom. The van der Waals surface area contributed by atoms with Gasteiger partial charge >= 0.3 is 12.3 Å². The number of carbonyl (C=O) groups excluding carboxylic acids is 1. The van der Waals surface area contributed by atoms with Crippen molar-refractivity contribution in [3.05, 3.63) is 16.4 Å². The topological polar surface area (TPSA) is 50.6 Å². The minimum atomic E-state index is -4.55. The molecule has 0 unspecified atom stereocenters. The molecule has 0 bridgehead atoms. The van der Waals surface area contributed by atoms with Crippen LogP contribution in [0.1, 0.15) is 44.9 Å². The van der Waals surface area contributed by atoms with E-state index in [1.807, 2.05) is 4.90 Å². The van der Waals surface area contributed by atoms with Crippen molar-refractivity contribution in [3.63, 3.8) is 0 Å². The summed E-state index contributed by atoms with van der Waals surface area (Å²) in [4.78, 5) is 15.6. The number of hydrogen-bond acceptors (Lipinski definition) is 4. The van der Waals surface area contributed by atoms with Gasteiger partial charge in [0.1, 0.15) is 10.8 Å². The van der Waals surface area contributed by atoms with Crippen molar-refractivity contribution < 1.29 is 22.7 Å². The van der Waals surface area contributed by atoms with Crippen LogP contribution in [0.2, 0.25) is 5.15 Å². The molecule has 1 aromatic rings. The molecule has 10 heteroatoms. The van der Waals surface area contributed by atoms with Crippen LogP contribution in [0.3, 0.4) is 0 Å². The van der Waals surface area contributed by atoms with Crippen LogP contribution in [0.25, 0.3) is 0 Å². The zero-order chi connectivity index (χ0) is 21.3. The van der Waals surface area contributed by atoms with Crippen molar-refractivity contribution >= 4 is 17.7 Å². The number of aromatic nitrogens is 2. The van der Waals surface area contributed by atoms with Crippen LogP contribution in [-0.2, 0) is 24.5 Å². The van der Waals surface area contributed by atoms with E-state index in [1.54, 1.807) is 27.8 Å².